The number of nitriles is 1. The minimum atomic E-state index is 0.363. The van der Waals surface area contributed by atoms with Crippen LogP contribution in [-0.2, 0) is 4.74 Å². The number of piperazine rings is 1. The molecule has 1 saturated heterocycles. The molecule has 0 aliphatic carbocycles. The summed E-state index contributed by atoms with van der Waals surface area (Å²) in [6.07, 6.45) is 0. The zero-order chi connectivity index (χ0) is 12.1. The van der Waals surface area contributed by atoms with E-state index in [1.54, 1.807) is 7.11 Å². The number of methoxy groups -OCH3 is 1. The van der Waals surface area contributed by atoms with E-state index in [1.165, 1.54) is 0 Å². The molecule has 0 spiro atoms. The van der Waals surface area contributed by atoms with Gasteiger partial charge < -0.3 is 15.0 Å². The van der Waals surface area contributed by atoms with Crippen molar-refractivity contribution < 1.29 is 4.74 Å². The molecule has 0 saturated carbocycles. The zero-order valence-electron chi connectivity index (χ0n) is 10.0. The lowest BCUT2D eigenvalue weighted by molar-refractivity contribution is 0.170. The lowest BCUT2D eigenvalue weighted by Crippen LogP contribution is -2.53. The van der Waals surface area contributed by atoms with Crippen LogP contribution in [0.25, 0.3) is 0 Å². The van der Waals surface area contributed by atoms with Gasteiger partial charge in [0.2, 0.25) is 0 Å². The van der Waals surface area contributed by atoms with Crippen LogP contribution in [0.1, 0.15) is 5.56 Å². The van der Waals surface area contributed by atoms with Crippen molar-refractivity contribution in [2.45, 2.75) is 6.04 Å². The summed E-state index contributed by atoms with van der Waals surface area (Å²) in [6, 6.07) is 10.2. The Morgan fingerprint density at radius 3 is 2.88 bits per heavy atom. The molecule has 0 bridgehead atoms. The van der Waals surface area contributed by atoms with E-state index >= 15 is 0 Å². The summed E-state index contributed by atoms with van der Waals surface area (Å²) in [5.41, 5.74) is 1.86. The molecule has 1 aliphatic heterocycles. The van der Waals surface area contributed by atoms with E-state index < -0.39 is 0 Å². The van der Waals surface area contributed by atoms with Gasteiger partial charge in [-0.05, 0) is 24.3 Å². The lowest BCUT2D eigenvalue weighted by Gasteiger charge is -2.37. The van der Waals surface area contributed by atoms with Crippen LogP contribution in [0.5, 0.6) is 0 Å². The molecule has 0 radical (unpaired) electrons. The fourth-order valence-electron chi connectivity index (χ4n) is 2.17. The van der Waals surface area contributed by atoms with Gasteiger partial charge in [0.25, 0.3) is 0 Å². The summed E-state index contributed by atoms with van der Waals surface area (Å²) < 4.78 is 5.24. The Morgan fingerprint density at radius 2 is 2.24 bits per heavy atom. The Kier molecular flexibility index (Phi) is 3.97. The second-order valence-electron chi connectivity index (χ2n) is 4.17. The van der Waals surface area contributed by atoms with Gasteiger partial charge in [-0.3, -0.25) is 0 Å². The van der Waals surface area contributed by atoms with Crippen molar-refractivity contribution in [2.24, 2.45) is 0 Å². The summed E-state index contributed by atoms with van der Waals surface area (Å²) >= 11 is 0. The van der Waals surface area contributed by atoms with Crippen molar-refractivity contribution in [2.75, 3.05) is 38.3 Å². The van der Waals surface area contributed by atoms with Gasteiger partial charge in [-0.25, -0.2) is 0 Å². The molecule has 2 rings (SSSR count). The number of ether oxygens (including phenoxy) is 1. The molecule has 1 aromatic rings. The molecule has 4 heteroatoms. The van der Waals surface area contributed by atoms with Crippen LogP contribution in [0.2, 0.25) is 0 Å². The van der Waals surface area contributed by atoms with Crippen molar-refractivity contribution in [3.8, 4) is 6.07 Å². The van der Waals surface area contributed by atoms with Crippen LogP contribution >= 0.6 is 0 Å². The van der Waals surface area contributed by atoms with Crippen molar-refractivity contribution in [1.29, 1.82) is 5.26 Å². The molecule has 4 nitrogen and oxygen atoms in total. The van der Waals surface area contributed by atoms with E-state index in [1.807, 2.05) is 24.3 Å². The third-order valence-corrected chi connectivity index (χ3v) is 3.04. The predicted molar refractivity (Wildman–Crippen MR) is 67.0 cm³/mol. The first-order valence-corrected chi connectivity index (χ1v) is 5.81. The summed E-state index contributed by atoms with van der Waals surface area (Å²) in [7, 11) is 1.73. The Labute approximate surface area is 102 Å². The Morgan fingerprint density at radius 1 is 1.47 bits per heavy atom. The van der Waals surface area contributed by atoms with Crippen LogP contribution in [0.4, 0.5) is 5.69 Å². The van der Waals surface area contributed by atoms with Gasteiger partial charge in [-0.2, -0.15) is 5.26 Å². The smallest absolute Gasteiger partial charge is 0.0991 e. The number of nitrogens with zero attached hydrogens (tertiary/aromatic N) is 2. The van der Waals surface area contributed by atoms with E-state index in [0.717, 1.165) is 25.3 Å². The van der Waals surface area contributed by atoms with Gasteiger partial charge in [-0.1, -0.05) is 0 Å². The molecule has 17 heavy (non-hydrogen) atoms. The number of hydrogen-bond donors (Lipinski definition) is 1. The second kappa shape index (κ2) is 5.67. The molecule has 0 aromatic heterocycles. The largest absolute Gasteiger partial charge is 0.383 e. The first kappa shape index (κ1) is 11.9. The van der Waals surface area contributed by atoms with E-state index in [2.05, 4.69) is 16.3 Å². The minimum absolute atomic E-state index is 0.363. The maximum atomic E-state index is 8.78. The highest BCUT2D eigenvalue weighted by molar-refractivity contribution is 5.51. The third kappa shape index (κ3) is 2.76. The highest BCUT2D eigenvalue weighted by atomic mass is 16.5. The Bertz CT molecular complexity index is 394. The number of benzene rings is 1. The van der Waals surface area contributed by atoms with Crippen molar-refractivity contribution >= 4 is 5.69 Å². The summed E-state index contributed by atoms with van der Waals surface area (Å²) in [5, 5.41) is 12.1. The minimum Gasteiger partial charge on any atom is -0.383 e. The maximum absolute atomic E-state index is 8.78. The quantitative estimate of drug-likeness (QED) is 0.842. The summed E-state index contributed by atoms with van der Waals surface area (Å²) in [6.45, 7) is 3.61. The SMILES string of the molecule is COCC1CNCCN1c1ccc(C#N)cc1. The fourth-order valence-corrected chi connectivity index (χ4v) is 2.17. The molecule has 1 N–H and O–H groups in total. The highest BCUT2D eigenvalue weighted by Gasteiger charge is 2.21. The molecule has 1 heterocycles. The molecule has 90 valence electrons. The van der Waals surface area contributed by atoms with E-state index in [-0.39, 0.29) is 0 Å². The maximum Gasteiger partial charge on any atom is 0.0991 e. The number of rotatable bonds is 3. The molecular weight excluding hydrogens is 214 g/mol. The summed E-state index contributed by atoms with van der Waals surface area (Å²) in [4.78, 5) is 2.33. The van der Waals surface area contributed by atoms with Crippen molar-refractivity contribution in [1.82, 2.24) is 5.32 Å². The number of nitrogens with one attached hydrogen (secondary N) is 1. The van der Waals surface area contributed by atoms with Gasteiger partial charge in [0.15, 0.2) is 0 Å². The molecular formula is C13H17N3O. The highest BCUT2D eigenvalue weighted by Crippen LogP contribution is 2.19. The van der Waals surface area contributed by atoms with E-state index in [4.69, 9.17) is 10.00 Å². The molecule has 1 atom stereocenters. The molecule has 1 aromatic carbocycles. The van der Waals surface area contributed by atoms with E-state index in [0.29, 0.717) is 18.2 Å². The topological polar surface area (TPSA) is 48.3 Å². The van der Waals surface area contributed by atoms with Crippen molar-refractivity contribution in [3.63, 3.8) is 0 Å². The lowest BCUT2D eigenvalue weighted by atomic mass is 10.1. The molecule has 1 unspecified atom stereocenters. The standard InChI is InChI=1S/C13H17N3O/c1-17-10-13-9-15-6-7-16(13)12-4-2-11(8-14)3-5-12/h2-5,13,15H,6-7,9-10H2,1H3. The molecule has 1 fully saturated rings. The first-order chi connectivity index (χ1) is 8.35. The molecule has 1 aliphatic rings. The fraction of sp³-hybridized carbons (Fsp3) is 0.462. The van der Waals surface area contributed by atoms with Crippen LogP contribution in [0.3, 0.4) is 0 Å². The summed E-state index contributed by atoms with van der Waals surface area (Å²) in [5.74, 6) is 0. The third-order valence-electron chi connectivity index (χ3n) is 3.04. The van der Waals surface area contributed by atoms with Gasteiger partial charge in [0.05, 0.1) is 24.3 Å². The zero-order valence-corrected chi connectivity index (χ0v) is 10.0. The Balaban J connectivity index is 2.14. The van der Waals surface area contributed by atoms with Gasteiger partial charge in [0.1, 0.15) is 0 Å². The van der Waals surface area contributed by atoms with Crippen LogP contribution in [-0.4, -0.2) is 39.4 Å². The van der Waals surface area contributed by atoms with Crippen molar-refractivity contribution in [3.05, 3.63) is 29.8 Å². The Hall–Kier alpha value is -1.57. The monoisotopic (exact) mass is 231 g/mol. The normalized spacial score (nSPS) is 20.0. The predicted octanol–water partition coefficient (Wildman–Crippen LogP) is 0.983. The van der Waals surface area contributed by atoms with Crippen LogP contribution in [0.15, 0.2) is 24.3 Å². The average Bonchev–Trinajstić information content (AvgIpc) is 2.40. The number of anilines is 1. The van der Waals surface area contributed by atoms with Crippen LogP contribution < -0.4 is 10.2 Å². The van der Waals surface area contributed by atoms with E-state index in [9.17, 15) is 0 Å². The van der Waals surface area contributed by atoms with Gasteiger partial charge in [0, 0.05) is 32.4 Å². The van der Waals surface area contributed by atoms with Gasteiger partial charge in [-0.15, -0.1) is 0 Å². The first-order valence-electron chi connectivity index (χ1n) is 5.81. The van der Waals surface area contributed by atoms with Crippen LogP contribution in [0, 0.1) is 11.3 Å². The second-order valence-corrected chi connectivity index (χ2v) is 4.17. The average molecular weight is 231 g/mol. The molecule has 0 amide bonds. The number of hydrogen-bond acceptors (Lipinski definition) is 4. The van der Waals surface area contributed by atoms with Gasteiger partial charge >= 0.3 is 0 Å².